The van der Waals surface area contributed by atoms with Crippen LogP contribution in [-0.4, -0.2) is 46.0 Å². The Kier molecular flexibility index (Phi) is 4.81. The Morgan fingerprint density at radius 3 is 2.67 bits per heavy atom. The second kappa shape index (κ2) is 7.33. The molecule has 0 fully saturated rings. The number of ether oxygens (including phenoxy) is 1. The van der Waals surface area contributed by atoms with Crippen molar-refractivity contribution >= 4 is 33.5 Å². The standard InChI is InChI=1S/C18H17N5O6S/c1-30(26,27)14-13(24)11(7-28-18(25)10-5-3-2-4-6-10)29-17(14)23-9-22-12-15(19)20-8-21-16(12)23/h2-6,8-9,24,26-27H,7H2,1H3,(H2,19,20,21). The van der Waals surface area contributed by atoms with Crippen LogP contribution in [0.15, 0.2) is 52.3 Å². The van der Waals surface area contributed by atoms with Crippen LogP contribution in [-0.2, 0) is 11.3 Å². The summed E-state index contributed by atoms with van der Waals surface area (Å²) in [5, 5.41) is 10.6. The molecular weight excluding hydrogens is 414 g/mol. The zero-order chi connectivity index (χ0) is 21.5. The van der Waals surface area contributed by atoms with Gasteiger partial charge in [-0.25, -0.2) is 19.7 Å². The lowest BCUT2D eigenvalue weighted by molar-refractivity contribution is 0.0442. The molecule has 0 amide bonds. The first-order valence-corrected chi connectivity index (χ1v) is 10.5. The van der Waals surface area contributed by atoms with Gasteiger partial charge in [0, 0.05) is 6.26 Å². The molecule has 0 aliphatic heterocycles. The van der Waals surface area contributed by atoms with E-state index in [4.69, 9.17) is 14.9 Å². The van der Waals surface area contributed by atoms with E-state index in [0.717, 1.165) is 6.26 Å². The number of rotatable bonds is 5. The summed E-state index contributed by atoms with van der Waals surface area (Å²) >= 11 is 0. The Labute approximate surface area is 171 Å². The van der Waals surface area contributed by atoms with Crippen molar-refractivity contribution in [1.29, 1.82) is 0 Å². The van der Waals surface area contributed by atoms with Crippen molar-refractivity contribution in [3.8, 4) is 11.6 Å². The first-order chi connectivity index (χ1) is 14.3. The lowest BCUT2D eigenvalue weighted by Gasteiger charge is -2.26. The molecule has 0 radical (unpaired) electrons. The Morgan fingerprint density at radius 2 is 1.97 bits per heavy atom. The number of nitrogens with zero attached hydrogens (tertiary/aromatic N) is 4. The average Bonchev–Trinajstić information content (AvgIpc) is 3.28. The Bertz CT molecular complexity index is 1230. The van der Waals surface area contributed by atoms with Crippen molar-refractivity contribution in [1.82, 2.24) is 19.5 Å². The maximum Gasteiger partial charge on any atom is 0.338 e. The van der Waals surface area contributed by atoms with Crippen LogP contribution in [0.25, 0.3) is 17.0 Å². The lowest BCUT2D eigenvalue weighted by atomic mass is 10.2. The summed E-state index contributed by atoms with van der Waals surface area (Å²) in [6.45, 7) is -0.439. The zero-order valence-corrected chi connectivity index (χ0v) is 16.4. The van der Waals surface area contributed by atoms with Crippen LogP contribution in [0.5, 0.6) is 5.75 Å². The Hall–Kier alpha value is -3.61. The van der Waals surface area contributed by atoms with Crippen molar-refractivity contribution in [3.05, 3.63) is 54.3 Å². The van der Waals surface area contributed by atoms with Crippen LogP contribution in [0.4, 0.5) is 5.82 Å². The summed E-state index contributed by atoms with van der Waals surface area (Å²) in [6.07, 6.45) is 3.64. The second-order valence-corrected chi connectivity index (χ2v) is 8.40. The molecule has 0 saturated heterocycles. The number of benzene rings is 1. The molecule has 0 unspecified atom stereocenters. The minimum atomic E-state index is -3.45. The number of nitrogens with two attached hydrogens (primary N) is 1. The first-order valence-electron chi connectivity index (χ1n) is 8.51. The molecule has 0 bridgehead atoms. The van der Waals surface area contributed by atoms with Gasteiger partial charge in [0.25, 0.3) is 0 Å². The Balaban J connectivity index is 1.74. The predicted molar refractivity (Wildman–Crippen MR) is 108 cm³/mol. The fourth-order valence-electron chi connectivity index (χ4n) is 2.83. The number of fused-ring (bicyclic) bond motifs is 1. The van der Waals surface area contributed by atoms with E-state index in [1.165, 1.54) is 17.2 Å². The number of hydrogen-bond donors (Lipinski definition) is 4. The van der Waals surface area contributed by atoms with Crippen LogP contribution < -0.4 is 5.73 Å². The molecule has 5 N–H and O–H groups in total. The topological polar surface area (TPSA) is 170 Å². The Morgan fingerprint density at radius 1 is 1.23 bits per heavy atom. The minimum absolute atomic E-state index is 0.121. The number of furan rings is 1. The molecule has 4 aromatic rings. The van der Waals surface area contributed by atoms with E-state index in [-0.39, 0.29) is 33.5 Å². The number of hydrogen-bond acceptors (Lipinski definition) is 10. The summed E-state index contributed by atoms with van der Waals surface area (Å²) in [5.74, 6) is -1.36. The second-order valence-electron chi connectivity index (χ2n) is 6.33. The van der Waals surface area contributed by atoms with Gasteiger partial charge in [-0.1, -0.05) is 18.2 Å². The summed E-state index contributed by atoms with van der Waals surface area (Å²) in [5.41, 5.74) is 6.60. The maximum absolute atomic E-state index is 12.2. The lowest BCUT2D eigenvalue weighted by Crippen LogP contribution is -2.04. The SMILES string of the molecule is CS(O)(O)c1c(-n2cnc3c(N)ncnc32)oc(COC(=O)c2ccccc2)c1O. The first kappa shape index (κ1) is 19.7. The molecule has 156 valence electrons. The van der Waals surface area contributed by atoms with Gasteiger partial charge in [-0.2, -0.15) is 10.6 Å². The van der Waals surface area contributed by atoms with Crippen LogP contribution in [0.2, 0.25) is 0 Å². The molecule has 1 aromatic carbocycles. The van der Waals surface area contributed by atoms with Crippen LogP contribution in [0, 0.1) is 0 Å². The maximum atomic E-state index is 12.2. The number of nitrogen functional groups attached to an aromatic ring is 1. The molecule has 12 heteroatoms. The number of imidazole rings is 1. The van der Waals surface area contributed by atoms with Crippen molar-refractivity contribution in [3.63, 3.8) is 0 Å². The molecule has 3 heterocycles. The van der Waals surface area contributed by atoms with Crippen molar-refractivity contribution in [2.75, 3.05) is 12.0 Å². The van der Waals surface area contributed by atoms with Gasteiger partial charge in [0.15, 0.2) is 40.0 Å². The number of aromatic nitrogens is 4. The van der Waals surface area contributed by atoms with Crippen molar-refractivity contribution in [2.24, 2.45) is 0 Å². The van der Waals surface area contributed by atoms with Gasteiger partial charge >= 0.3 is 5.97 Å². The van der Waals surface area contributed by atoms with E-state index < -0.39 is 28.9 Å². The number of esters is 1. The molecule has 4 rings (SSSR count). The molecule has 0 atom stereocenters. The highest BCUT2D eigenvalue weighted by Crippen LogP contribution is 2.54. The summed E-state index contributed by atoms with van der Waals surface area (Å²) in [7, 11) is -3.45. The van der Waals surface area contributed by atoms with Gasteiger partial charge < -0.3 is 20.0 Å². The third-order valence-corrected chi connectivity index (χ3v) is 5.35. The smallest absolute Gasteiger partial charge is 0.338 e. The molecule has 11 nitrogen and oxygen atoms in total. The van der Waals surface area contributed by atoms with E-state index in [1.54, 1.807) is 30.3 Å². The molecule has 0 saturated carbocycles. The van der Waals surface area contributed by atoms with E-state index in [9.17, 15) is 19.0 Å². The van der Waals surface area contributed by atoms with E-state index in [1.807, 2.05) is 0 Å². The molecular formula is C18H17N5O6S. The molecule has 0 aliphatic rings. The fourth-order valence-corrected chi connectivity index (χ4v) is 3.79. The van der Waals surface area contributed by atoms with Crippen LogP contribution >= 0.6 is 10.6 Å². The number of anilines is 1. The number of carbonyl (C=O) groups excluding carboxylic acids is 1. The van der Waals surface area contributed by atoms with E-state index in [0.29, 0.717) is 5.56 Å². The number of aromatic hydroxyl groups is 1. The predicted octanol–water partition coefficient (Wildman–Crippen LogP) is 2.79. The van der Waals surface area contributed by atoms with E-state index in [2.05, 4.69) is 15.0 Å². The highest BCUT2D eigenvalue weighted by atomic mass is 32.3. The number of carbonyl (C=O) groups is 1. The van der Waals surface area contributed by atoms with Gasteiger partial charge in [0.1, 0.15) is 12.7 Å². The highest BCUT2D eigenvalue weighted by molar-refractivity contribution is 8.24. The normalized spacial score (nSPS) is 12.2. The van der Waals surface area contributed by atoms with Gasteiger partial charge in [-0.05, 0) is 12.1 Å². The van der Waals surface area contributed by atoms with Crippen molar-refractivity contribution < 1.29 is 28.2 Å². The molecule has 0 spiro atoms. The third-order valence-electron chi connectivity index (χ3n) is 4.20. The largest absolute Gasteiger partial charge is 0.503 e. The quantitative estimate of drug-likeness (QED) is 0.344. The average molecular weight is 431 g/mol. The fraction of sp³-hybridized carbons (Fsp3) is 0.111. The highest BCUT2D eigenvalue weighted by Gasteiger charge is 2.31. The summed E-state index contributed by atoms with van der Waals surface area (Å²) in [4.78, 5) is 23.9. The summed E-state index contributed by atoms with van der Waals surface area (Å²) in [6, 6.07) is 8.27. The van der Waals surface area contributed by atoms with Crippen LogP contribution in [0.3, 0.4) is 0 Å². The van der Waals surface area contributed by atoms with Crippen LogP contribution in [0.1, 0.15) is 16.1 Å². The summed E-state index contributed by atoms with van der Waals surface area (Å²) < 4.78 is 32.7. The van der Waals surface area contributed by atoms with Gasteiger partial charge in [-0.15, -0.1) is 0 Å². The third kappa shape index (κ3) is 3.43. The van der Waals surface area contributed by atoms with E-state index >= 15 is 0 Å². The van der Waals surface area contributed by atoms with Gasteiger partial charge in [0.2, 0.25) is 5.88 Å². The minimum Gasteiger partial charge on any atom is -0.503 e. The zero-order valence-electron chi connectivity index (χ0n) is 15.6. The van der Waals surface area contributed by atoms with Gasteiger partial charge in [0.05, 0.1) is 5.56 Å². The molecule has 30 heavy (non-hydrogen) atoms. The van der Waals surface area contributed by atoms with Gasteiger partial charge in [-0.3, -0.25) is 13.7 Å². The molecule has 0 aliphatic carbocycles. The molecule has 3 aromatic heterocycles. The van der Waals surface area contributed by atoms with Crippen molar-refractivity contribution in [2.45, 2.75) is 11.5 Å². The monoisotopic (exact) mass is 431 g/mol.